The number of hydrogen-bond donors (Lipinski definition) is 0. The van der Waals surface area contributed by atoms with Crippen LogP contribution in [0.1, 0.15) is 30.5 Å². The van der Waals surface area contributed by atoms with Crippen molar-refractivity contribution in [2.45, 2.75) is 44.3 Å². The van der Waals surface area contributed by atoms with Crippen molar-refractivity contribution in [3.05, 3.63) is 52.7 Å². The summed E-state index contributed by atoms with van der Waals surface area (Å²) in [5, 5.41) is 12.4. The lowest BCUT2D eigenvalue weighted by Gasteiger charge is -2.34. The normalized spacial score (nSPS) is 21.5. The van der Waals surface area contributed by atoms with Gasteiger partial charge in [-0.15, -0.1) is 0 Å². The third-order valence-electron chi connectivity index (χ3n) is 8.46. The predicted molar refractivity (Wildman–Crippen MR) is 151 cm³/mol. The third kappa shape index (κ3) is 4.70. The Morgan fingerprint density at radius 1 is 1.13 bits per heavy atom. The van der Waals surface area contributed by atoms with Gasteiger partial charge in [-0.05, 0) is 56.8 Å². The van der Waals surface area contributed by atoms with E-state index in [2.05, 4.69) is 59.3 Å². The fourth-order valence-electron chi connectivity index (χ4n) is 6.17. The Morgan fingerprint density at radius 3 is 2.74 bits per heavy atom. The lowest BCUT2D eigenvalue weighted by Crippen LogP contribution is -2.38. The van der Waals surface area contributed by atoms with Gasteiger partial charge in [0, 0.05) is 49.4 Å². The minimum absolute atomic E-state index is 0.234. The highest BCUT2D eigenvalue weighted by Crippen LogP contribution is 2.37. The van der Waals surface area contributed by atoms with Crippen molar-refractivity contribution in [3.63, 3.8) is 0 Å². The second-order valence-electron chi connectivity index (χ2n) is 10.7. The van der Waals surface area contributed by atoms with Crippen LogP contribution in [0.5, 0.6) is 6.01 Å². The summed E-state index contributed by atoms with van der Waals surface area (Å²) in [4.78, 5) is 18.7. The topological polar surface area (TPSA) is 71.8 Å². The molecule has 0 saturated carbocycles. The van der Waals surface area contributed by atoms with Crippen LogP contribution >= 0.6 is 11.6 Å². The van der Waals surface area contributed by atoms with Crippen LogP contribution in [0.25, 0.3) is 10.8 Å². The molecule has 198 valence electrons. The zero-order valence-electron chi connectivity index (χ0n) is 22.1. The number of nitrogens with zero attached hydrogens (tertiary/aromatic N) is 7. The fraction of sp³-hybridized carbons (Fsp3) is 0.483. The quantitative estimate of drug-likeness (QED) is 0.436. The van der Waals surface area contributed by atoms with Crippen molar-refractivity contribution >= 4 is 33.9 Å². The van der Waals surface area contributed by atoms with E-state index in [1.54, 1.807) is 0 Å². The van der Waals surface area contributed by atoms with Gasteiger partial charge in [0.2, 0.25) is 0 Å². The van der Waals surface area contributed by atoms with Gasteiger partial charge >= 0.3 is 6.01 Å². The molecule has 0 N–H and O–H groups in total. The predicted octanol–water partition coefficient (Wildman–Crippen LogP) is 4.31. The minimum Gasteiger partial charge on any atom is -0.462 e. The number of rotatable bonds is 6. The maximum absolute atomic E-state index is 9.39. The summed E-state index contributed by atoms with van der Waals surface area (Å²) in [7, 11) is 4.25. The van der Waals surface area contributed by atoms with Gasteiger partial charge < -0.3 is 24.3 Å². The Kier molecular flexibility index (Phi) is 6.89. The number of likely N-dealkylation sites (N-methyl/N-ethyl adjacent to an activating group) is 2. The molecule has 0 unspecified atom stereocenters. The number of hydrogen-bond acceptors (Lipinski definition) is 8. The maximum atomic E-state index is 9.39. The number of likely N-dealkylation sites (tertiary alicyclic amines) is 2. The zero-order valence-corrected chi connectivity index (χ0v) is 22.9. The average Bonchev–Trinajstić information content (AvgIpc) is 3.59. The molecule has 0 spiro atoms. The van der Waals surface area contributed by atoms with Gasteiger partial charge in [0.25, 0.3) is 0 Å². The van der Waals surface area contributed by atoms with Gasteiger partial charge in [-0.25, -0.2) is 0 Å². The largest absolute Gasteiger partial charge is 0.462 e. The molecule has 8 nitrogen and oxygen atoms in total. The summed E-state index contributed by atoms with van der Waals surface area (Å²) < 4.78 is 6.26. The summed E-state index contributed by atoms with van der Waals surface area (Å²) in [6, 6.07) is 13.5. The lowest BCUT2D eigenvalue weighted by molar-refractivity contribution is 0.187. The molecule has 1 aromatic heterocycles. The summed E-state index contributed by atoms with van der Waals surface area (Å²) in [5.41, 5.74) is 3.31. The van der Waals surface area contributed by atoms with Crippen LogP contribution in [-0.4, -0.2) is 78.7 Å². The molecular weight excluding hydrogens is 498 g/mol. The first-order valence-corrected chi connectivity index (χ1v) is 13.9. The molecule has 3 aromatic rings. The van der Waals surface area contributed by atoms with Gasteiger partial charge in [-0.1, -0.05) is 35.9 Å². The minimum atomic E-state index is 0.234. The Morgan fingerprint density at radius 2 is 1.97 bits per heavy atom. The van der Waals surface area contributed by atoms with E-state index in [1.165, 1.54) is 12.0 Å². The molecule has 0 bridgehead atoms. The number of aromatic nitrogens is 2. The molecule has 0 radical (unpaired) electrons. The van der Waals surface area contributed by atoms with Crippen LogP contribution in [-0.2, 0) is 13.0 Å². The summed E-state index contributed by atoms with van der Waals surface area (Å²) in [6.07, 6.45) is 6.40. The number of nitriles is 1. The highest BCUT2D eigenvalue weighted by atomic mass is 35.5. The molecule has 3 aliphatic rings. The molecule has 6 rings (SSSR count). The first-order valence-electron chi connectivity index (χ1n) is 13.5. The SMILES string of the molecule is CN1CCC[C@H]1COc1nc2c(c(N(C)[C@@H]3CCN(C#N)C3)n1)CCN(c1cccc3cccc(Cl)c13)C2. The number of halogens is 1. The molecule has 38 heavy (non-hydrogen) atoms. The second-order valence-corrected chi connectivity index (χ2v) is 11.1. The van der Waals surface area contributed by atoms with E-state index in [9.17, 15) is 5.26 Å². The highest BCUT2D eigenvalue weighted by molar-refractivity contribution is 6.36. The molecule has 2 fully saturated rings. The monoisotopic (exact) mass is 531 g/mol. The number of anilines is 2. The molecule has 3 aliphatic heterocycles. The smallest absolute Gasteiger partial charge is 0.318 e. The van der Waals surface area contributed by atoms with Crippen LogP contribution in [0.3, 0.4) is 0 Å². The Balaban J connectivity index is 1.33. The van der Waals surface area contributed by atoms with Crippen molar-refractivity contribution in [1.82, 2.24) is 19.8 Å². The molecule has 0 aliphatic carbocycles. The van der Waals surface area contributed by atoms with Crippen molar-refractivity contribution in [2.75, 3.05) is 56.7 Å². The van der Waals surface area contributed by atoms with Crippen molar-refractivity contribution < 1.29 is 4.74 Å². The van der Waals surface area contributed by atoms with E-state index in [0.29, 0.717) is 25.2 Å². The van der Waals surface area contributed by atoms with E-state index in [0.717, 1.165) is 78.4 Å². The van der Waals surface area contributed by atoms with Crippen molar-refractivity contribution in [1.29, 1.82) is 5.26 Å². The average molecular weight is 532 g/mol. The molecule has 2 aromatic carbocycles. The van der Waals surface area contributed by atoms with E-state index < -0.39 is 0 Å². The summed E-state index contributed by atoms with van der Waals surface area (Å²) in [6.45, 7) is 4.71. The van der Waals surface area contributed by atoms with Gasteiger partial charge in [0.15, 0.2) is 6.19 Å². The number of fused-ring (bicyclic) bond motifs is 2. The molecular formula is C29H34ClN7O. The van der Waals surface area contributed by atoms with Gasteiger partial charge in [0.1, 0.15) is 12.4 Å². The molecule has 9 heteroatoms. The Labute approximate surface area is 229 Å². The van der Waals surface area contributed by atoms with Gasteiger partial charge in [-0.2, -0.15) is 15.2 Å². The number of benzene rings is 2. The zero-order chi connectivity index (χ0) is 26.2. The molecule has 2 atom stereocenters. The van der Waals surface area contributed by atoms with Crippen molar-refractivity contribution in [3.8, 4) is 12.2 Å². The van der Waals surface area contributed by atoms with Crippen molar-refractivity contribution in [2.24, 2.45) is 0 Å². The standard InChI is InChI=1S/C29H34ClN7O/c1-34-13-5-8-22(34)18-38-29-32-25-17-37(26-10-4-7-20-6-3-9-24(30)27(20)26)15-12-23(25)28(33-29)35(2)21-11-14-36(16-21)19-31/h3-4,6-7,9-10,21-22H,5,8,11-18H2,1-2H3/t21-,22+/m1/s1. The first-order chi connectivity index (χ1) is 18.5. The van der Waals surface area contributed by atoms with Crippen LogP contribution in [0.15, 0.2) is 36.4 Å². The third-order valence-corrected chi connectivity index (χ3v) is 8.77. The molecule has 2 saturated heterocycles. The maximum Gasteiger partial charge on any atom is 0.318 e. The summed E-state index contributed by atoms with van der Waals surface area (Å²) >= 11 is 6.68. The Bertz CT molecular complexity index is 1370. The van der Waals surface area contributed by atoms with E-state index in [-0.39, 0.29) is 6.04 Å². The first kappa shape index (κ1) is 25.0. The second kappa shape index (κ2) is 10.5. The molecule has 4 heterocycles. The summed E-state index contributed by atoms with van der Waals surface area (Å²) in [5.74, 6) is 0.935. The Hall–Kier alpha value is -3.28. The van der Waals surface area contributed by atoms with E-state index in [1.807, 2.05) is 17.0 Å². The molecule has 0 amide bonds. The van der Waals surface area contributed by atoms with Crippen LogP contribution in [0.4, 0.5) is 11.5 Å². The van der Waals surface area contributed by atoms with Gasteiger partial charge in [0.05, 0.1) is 23.3 Å². The van der Waals surface area contributed by atoms with E-state index in [4.69, 9.17) is 26.3 Å². The van der Waals surface area contributed by atoms with Crippen LogP contribution < -0.4 is 14.5 Å². The number of ether oxygens (including phenoxy) is 1. The highest BCUT2D eigenvalue weighted by Gasteiger charge is 2.31. The fourth-order valence-corrected chi connectivity index (χ4v) is 6.45. The lowest BCUT2D eigenvalue weighted by atomic mass is 10.0. The van der Waals surface area contributed by atoms with E-state index >= 15 is 0 Å². The van der Waals surface area contributed by atoms with Crippen LogP contribution in [0, 0.1) is 11.5 Å². The van der Waals surface area contributed by atoms with Gasteiger partial charge in [-0.3, -0.25) is 0 Å². The van der Waals surface area contributed by atoms with Crippen LogP contribution in [0.2, 0.25) is 5.02 Å².